The van der Waals surface area contributed by atoms with E-state index in [1.165, 1.54) is 38.4 Å². The van der Waals surface area contributed by atoms with Crippen LogP contribution in [0.3, 0.4) is 0 Å². The minimum Gasteiger partial charge on any atom is -0.348 e. The van der Waals surface area contributed by atoms with Crippen molar-refractivity contribution in [3.8, 4) is 0 Å². The fourth-order valence-corrected chi connectivity index (χ4v) is 2.35. The van der Waals surface area contributed by atoms with E-state index in [0.717, 1.165) is 4.31 Å². The maximum Gasteiger partial charge on any atom is 0.242 e. The first-order valence-corrected chi connectivity index (χ1v) is 7.65. The first-order chi connectivity index (χ1) is 9.28. The lowest BCUT2D eigenvalue weighted by molar-refractivity contribution is -0.118. The fourth-order valence-electron chi connectivity index (χ4n) is 1.35. The Labute approximate surface area is 122 Å². The van der Waals surface area contributed by atoms with Gasteiger partial charge in [0, 0.05) is 19.7 Å². The van der Waals surface area contributed by atoms with Crippen LogP contribution < -0.4 is 5.32 Å². The van der Waals surface area contributed by atoms with Crippen LogP contribution in [0.2, 0.25) is 0 Å². The van der Waals surface area contributed by atoms with Crippen molar-refractivity contribution in [1.82, 2.24) is 9.62 Å². The Bertz CT molecular complexity index is 596. The van der Waals surface area contributed by atoms with Crippen LogP contribution in [0.5, 0.6) is 0 Å². The van der Waals surface area contributed by atoms with E-state index in [1.807, 2.05) is 0 Å². The Morgan fingerprint density at radius 1 is 1.20 bits per heavy atom. The molecule has 1 N–H and O–H groups in total. The van der Waals surface area contributed by atoms with Gasteiger partial charge in [-0.15, -0.1) is 11.6 Å². The predicted molar refractivity (Wildman–Crippen MR) is 75.4 cm³/mol. The number of carbonyl (C=O) groups is 2. The molecule has 1 rings (SSSR count). The minimum atomic E-state index is -3.51. The molecule has 0 spiro atoms. The second-order valence-corrected chi connectivity index (χ2v) is 6.56. The summed E-state index contributed by atoms with van der Waals surface area (Å²) in [6, 6.07) is 5.52. The summed E-state index contributed by atoms with van der Waals surface area (Å²) in [6.07, 6.45) is 0. The number of ketones is 1. The highest BCUT2D eigenvalue weighted by atomic mass is 35.5. The highest BCUT2D eigenvalue weighted by molar-refractivity contribution is 7.89. The van der Waals surface area contributed by atoms with Crippen LogP contribution in [0.25, 0.3) is 0 Å². The van der Waals surface area contributed by atoms with Gasteiger partial charge < -0.3 is 5.32 Å². The summed E-state index contributed by atoms with van der Waals surface area (Å²) in [5, 5.41) is 2.35. The average Bonchev–Trinajstić information content (AvgIpc) is 2.44. The molecule has 20 heavy (non-hydrogen) atoms. The number of amides is 1. The summed E-state index contributed by atoms with van der Waals surface area (Å²) < 4.78 is 24.8. The molecule has 0 fully saturated rings. The average molecular weight is 319 g/mol. The molecule has 1 amide bonds. The zero-order chi connectivity index (χ0) is 15.3. The van der Waals surface area contributed by atoms with Crippen LogP contribution in [0, 0.1) is 0 Å². The third-order valence-corrected chi connectivity index (χ3v) is 4.59. The van der Waals surface area contributed by atoms with Crippen LogP contribution in [0.1, 0.15) is 10.4 Å². The molecule has 0 radical (unpaired) electrons. The predicted octanol–water partition coefficient (Wildman–Crippen LogP) is 0.475. The number of Topliss-reactive ketones (excluding diaryl/α,β-unsaturated/α-hetero) is 1. The molecule has 0 aliphatic carbocycles. The summed E-state index contributed by atoms with van der Waals surface area (Å²) in [4.78, 5) is 22.8. The number of nitrogens with one attached hydrogen (secondary N) is 1. The number of alkyl halides is 1. The van der Waals surface area contributed by atoms with Crippen LogP contribution in [0.15, 0.2) is 29.2 Å². The molecule has 1 aromatic rings. The molecule has 1 aromatic carbocycles. The highest BCUT2D eigenvalue weighted by Crippen LogP contribution is 2.14. The normalized spacial score (nSPS) is 11.4. The van der Waals surface area contributed by atoms with E-state index >= 15 is 0 Å². The molecule has 0 aliphatic rings. The van der Waals surface area contributed by atoms with Crippen molar-refractivity contribution in [1.29, 1.82) is 0 Å². The van der Waals surface area contributed by atoms with Gasteiger partial charge in [-0.3, -0.25) is 9.59 Å². The second-order valence-electron chi connectivity index (χ2n) is 4.15. The van der Waals surface area contributed by atoms with E-state index < -0.39 is 15.9 Å². The summed E-state index contributed by atoms with van der Waals surface area (Å²) >= 11 is 5.29. The van der Waals surface area contributed by atoms with Crippen molar-refractivity contribution in [3.63, 3.8) is 0 Å². The summed E-state index contributed by atoms with van der Waals surface area (Å²) in [7, 11) is -0.661. The maximum atomic E-state index is 11.8. The topological polar surface area (TPSA) is 83.6 Å². The maximum absolute atomic E-state index is 11.8. The lowest BCUT2D eigenvalue weighted by Gasteiger charge is -2.11. The lowest BCUT2D eigenvalue weighted by Crippen LogP contribution is -2.30. The molecule has 0 saturated carbocycles. The molecule has 0 aromatic heterocycles. The smallest absolute Gasteiger partial charge is 0.242 e. The van der Waals surface area contributed by atoms with E-state index in [0.29, 0.717) is 5.56 Å². The molecule has 0 atom stereocenters. The standard InChI is InChI=1S/C12H15ClN2O4S/c1-15(2)20(18,19)10-5-3-9(4-6-10)11(16)8-14-12(17)7-13/h3-6H,7-8H2,1-2H3,(H,14,17). The van der Waals surface area contributed by atoms with E-state index in [2.05, 4.69) is 5.32 Å². The molecule has 110 valence electrons. The lowest BCUT2D eigenvalue weighted by atomic mass is 10.1. The van der Waals surface area contributed by atoms with Crippen LogP contribution in [-0.4, -0.2) is 50.9 Å². The Kier molecular flexibility index (Phi) is 5.67. The Hall–Kier alpha value is -1.44. The van der Waals surface area contributed by atoms with Gasteiger partial charge in [-0.25, -0.2) is 12.7 Å². The molecule has 0 unspecified atom stereocenters. The number of halogens is 1. The van der Waals surface area contributed by atoms with Crippen molar-refractivity contribution in [2.24, 2.45) is 0 Å². The van der Waals surface area contributed by atoms with Gasteiger partial charge in [-0.2, -0.15) is 0 Å². The zero-order valence-corrected chi connectivity index (χ0v) is 12.7. The molecule has 0 bridgehead atoms. The van der Waals surface area contributed by atoms with Crippen molar-refractivity contribution in [2.75, 3.05) is 26.5 Å². The number of hydrogen-bond acceptors (Lipinski definition) is 4. The minimum absolute atomic E-state index is 0.101. The third kappa shape index (κ3) is 4.03. The number of hydrogen-bond donors (Lipinski definition) is 1. The summed E-state index contributed by atoms with van der Waals surface area (Å²) in [5.74, 6) is -0.975. The van der Waals surface area contributed by atoms with Gasteiger partial charge in [0.05, 0.1) is 11.4 Å². The number of rotatable bonds is 6. The molecule has 8 heteroatoms. The second kappa shape index (κ2) is 6.83. The quantitative estimate of drug-likeness (QED) is 0.610. The van der Waals surface area contributed by atoms with Gasteiger partial charge in [0.15, 0.2) is 5.78 Å². The first kappa shape index (κ1) is 16.6. The Morgan fingerprint density at radius 3 is 2.20 bits per heavy atom. The van der Waals surface area contributed by atoms with Crippen LogP contribution in [-0.2, 0) is 14.8 Å². The molecular weight excluding hydrogens is 304 g/mol. The van der Waals surface area contributed by atoms with Gasteiger partial charge in [-0.1, -0.05) is 0 Å². The van der Waals surface area contributed by atoms with E-state index in [9.17, 15) is 18.0 Å². The van der Waals surface area contributed by atoms with Gasteiger partial charge >= 0.3 is 0 Å². The van der Waals surface area contributed by atoms with Gasteiger partial charge in [0.1, 0.15) is 5.88 Å². The number of sulfonamides is 1. The van der Waals surface area contributed by atoms with Crippen molar-refractivity contribution >= 4 is 33.3 Å². The van der Waals surface area contributed by atoms with Gasteiger partial charge in [0.25, 0.3) is 0 Å². The Balaban J connectivity index is 2.82. The van der Waals surface area contributed by atoms with E-state index in [4.69, 9.17) is 11.6 Å². The molecular formula is C12H15ClN2O4S. The first-order valence-electron chi connectivity index (χ1n) is 5.67. The number of nitrogens with zero attached hydrogens (tertiary/aromatic N) is 1. The fraction of sp³-hybridized carbons (Fsp3) is 0.333. The SMILES string of the molecule is CN(C)S(=O)(=O)c1ccc(C(=O)CNC(=O)CCl)cc1. The van der Waals surface area contributed by atoms with Crippen molar-refractivity contribution < 1.29 is 18.0 Å². The molecule has 6 nitrogen and oxygen atoms in total. The van der Waals surface area contributed by atoms with Gasteiger partial charge in [-0.05, 0) is 24.3 Å². The largest absolute Gasteiger partial charge is 0.348 e. The molecule has 0 saturated heterocycles. The zero-order valence-electron chi connectivity index (χ0n) is 11.1. The monoisotopic (exact) mass is 318 g/mol. The number of benzene rings is 1. The highest BCUT2D eigenvalue weighted by Gasteiger charge is 2.17. The van der Waals surface area contributed by atoms with Crippen molar-refractivity contribution in [3.05, 3.63) is 29.8 Å². The number of carbonyl (C=O) groups excluding carboxylic acids is 2. The Morgan fingerprint density at radius 2 is 1.75 bits per heavy atom. The summed E-state index contributed by atoms with van der Waals surface area (Å²) in [6.45, 7) is -0.175. The third-order valence-electron chi connectivity index (χ3n) is 2.52. The summed E-state index contributed by atoms with van der Waals surface area (Å²) in [5.41, 5.74) is 0.317. The molecule has 0 aliphatic heterocycles. The van der Waals surface area contributed by atoms with E-state index in [-0.39, 0.29) is 23.1 Å². The van der Waals surface area contributed by atoms with Crippen molar-refractivity contribution in [2.45, 2.75) is 4.90 Å². The van der Waals surface area contributed by atoms with Crippen LogP contribution >= 0.6 is 11.6 Å². The molecule has 0 heterocycles. The van der Waals surface area contributed by atoms with Gasteiger partial charge in [0.2, 0.25) is 15.9 Å². The van der Waals surface area contributed by atoms with E-state index in [1.54, 1.807) is 0 Å². The van der Waals surface area contributed by atoms with Crippen LogP contribution in [0.4, 0.5) is 0 Å².